The van der Waals surface area contributed by atoms with Gasteiger partial charge in [0.05, 0.1) is 28.4 Å². The van der Waals surface area contributed by atoms with Crippen LogP contribution >= 0.6 is 0 Å². The third-order valence-electron chi connectivity index (χ3n) is 8.08. The monoisotopic (exact) mass is 575 g/mol. The Labute approximate surface area is 260 Å². The van der Waals surface area contributed by atoms with E-state index in [1.165, 1.54) is 10.8 Å². The highest BCUT2D eigenvalue weighted by molar-refractivity contribution is 6.09. The van der Waals surface area contributed by atoms with Crippen molar-refractivity contribution in [3.05, 3.63) is 157 Å². The highest BCUT2D eigenvalue weighted by atomic mass is 15.0. The van der Waals surface area contributed by atoms with Crippen LogP contribution in [0.4, 0.5) is 0 Å². The van der Waals surface area contributed by atoms with Crippen molar-refractivity contribution in [1.29, 1.82) is 5.26 Å². The molecule has 2 heterocycles. The summed E-state index contributed by atoms with van der Waals surface area (Å²) in [5.74, 6) is 1.83. The van der Waals surface area contributed by atoms with Gasteiger partial charge in [0.2, 0.25) is 0 Å². The van der Waals surface area contributed by atoms with E-state index in [9.17, 15) is 5.26 Å². The molecule has 0 saturated heterocycles. The predicted octanol–water partition coefficient (Wildman–Crippen LogP) is 9.51. The summed E-state index contributed by atoms with van der Waals surface area (Å²) < 4.78 is 2.26. The Morgan fingerprint density at radius 1 is 0.444 bits per heavy atom. The summed E-state index contributed by atoms with van der Waals surface area (Å²) in [6.45, 7) is 0. The van der Waals surface area contributed by atoms with Gasteiger partial charge in [-0.25, -0.2) is 15.0 Å². The van der Waals surface area contributed by atoms with Gasteiger partial charge in [-0.2, -0.15) is 5.26 Å². The van der Waals surface area contributed by atoms with Crippen LogP contribution in [-0.2, 0) is 0 Å². The molecular formula is C40H25N5. The summed E-state index contributed by atoms with van der Waals surface area (Å²) in [4.78, 5) is 14.7. The van der Waals surface area contributed by atoms with Crippen LogP contribution in [0.3, 0.4) is 0 Å². The number of aromatic nitrogens is 4. The van der Waals surface area contributed by atoms with Gasteiger partial charge < -0.3 is 4.57 Å². The Balaban J connectivity index is 1.33. The third-order valence-corrected chi connectivity index (χ3v) is 8.08. The molecule has 0 unspecified atom stereocenters. The van der Waals surface area contributed by atoms with Crippen LogP contribution in [0.5, 0.6) is 0 Å². The van der Waals surface area contributed by atoms with Crippen molar-refractivity contribution < 1.29 is 0 Å². The van der Waals surface area contributed by atoms with Crippen molar-refractivity contribution in [3.8, 4) is 57.0 Å². The summed E-state index contributed by atoms with van der Waals surface area (Å²) >= 11 is 0. The average molecular weight is 576 g/mol. The highest BCUT2D eigenvalue weighted by Crippen LogP contribution is 2.37. The van der Waals surface area contributed by atoms with Crippen LogP contribution in [0.15, 0.2) is 152 Å². The van der Waals surface area contributed by atoms with Gasteiger partial charge in [0.15, 0.2) is 17.5 Å². The minimum atomic E-state index is 0.594. The lowest BCUT2D eigenvalue weighted by Gasteiger charge is -2.15. The van der Waals surface area contributed by atoms with Gasteiger partial charge in [0.25, 0.3) is 0 Å². The van der Waals surface area contributed by atoms with E-state index >= 15 is 0 Å². The van der Waals surface area contributed by atoms with Gasteiger partial charge in [0.1, 0.15) is 0 Å². The Bertz CT molecular complexity index is 2270. The number of nitrogens with zero attached hydrogens (tertiary/aromatic N) is 5. The molecule has 0 fully saturated rings. The molecule has 0 amide bonds. The number of hydrogen-bond donors (Lipinski definition) is 0. The van der Waals surface area contributed by atoms with Gasteiger partial charge in [-0.05, 0) is 35.9 Å². The fourth-order valence-corrected chi connectivity index (χ4v) is 5.98. The number of hydrogen-bond acceptors (Lipinski definition) is 4. The number of nitriles is 1. The van der Waals surface area contributed by atoms with E-state index in [-0.39, 0.29) is 0 Å². The minimum absolute atomic E-state index is 0.594. The standard InChI is InChI=1S/C40H25N5/c41-26-27-22-23-32(37(24-27)45-35-20-9-7-18-33(35)34-19-8-10-21-36(34)45)30-16-11-17-31(25-30)40-43-38(28-12-3-1-4-13-28)42-39(44-40)29-14-5-2-6-15-29/h1-25H. The van der Waals surface area contributed by atoms with Crippen LogP contribution in [0.25, 0.3) is 72.8 Å². The number of benzene rings is 6. The molecule has 45 heavy (non-hydrogen) atoms. The van der Waals surface area contributed by atoms with Crippen molar-refractivity contribution in [1.82, 2.24) is 19.5 Å². The second kappa shape index (κ2) is 11.0. The van der Waals surface area contributed by atoms with Crippen molar-refractivity contribution >= 4 is 21.8 Å². The fourth-order valence-electron chi connectivity index (χ4n) is 5.98. The first kappa shape index (κ1) is 26.3. The van der Waals surface area contributed by atoms with Crippen LogP contribution in [0.2, 0.25) is 0 Å². The lowest BCUT2D eigenvalue weighted by molar-refractivity contribution is 1.07. The molecule has 0 saturated carbocycles. The van der Waals surface area contributed by atoms with Crippen LogP contribution in [0, 0.1) is 11.3 Å². The molecule has 0 atom stereocenters. The summed E-state index contributed by atoms with van der Waals surface area (Å²) in [6.07, 6.45) is 0. The fraction of sp³-hybridized carbons (Fsp3) is 0. The maximum absolute atomic E-state index is 9.90. The van der Waals surface area contributed by atoms with E-state index in [1.807, 2.05) is 91.0 Å². The van der Waals surface area contributed by atoms with E-state index < -0.39 is 0 Å². The summed E-state index contributed by atoms with van der Waals surface area (Å²) in [5.41, 5.74) is 8.44. The first-order chi connectivity index (χ1) is 22.3. The first-order valence-corrected chi connectivity index (χ1v) is 14.8. The lowest BCUT2D eigenvalue weighted by Crippen LogP contribution is -2.01. The van der Waals surface area contributed by atoms with E-state index in [2.05, 4.69) is 71.3 Å². The zero-order valence-corrected chi connectivity index (χ0v) is 24.2. The molecule has 0 radical (unpaired) electrons. The second-order valence-electron chi connectivity index (χ2n) is 10.8. The van der Waals surface area contributed by atoms with Crippen LogP contribution in [0.1, 0.15) is 5.56 Å². The molecule has 0 aliphatic heterocycles. The van der Waals surface area contributed by atoms with E-state index in [4.69, 9.17) is 15.0 Å². The van der Waals surface area contributed by atoms with E-state index in [0.29, 0.717) is 23.0 Å². The largest absolute Gasteiger partial charge is 0.309 e. The molecule has 0 aliphatic carbocycles. The van der Waals surface area contributed by atoms with E-state index in [1.54, 1.807) is 0 Å². The van der Waals surface area contributed by atoms with Crippen LogP contribution in [-0.4, -0.2) is 19.5 Å². The quantitative estimate of drug-likeness (QED) is 0.205. The normalized spacial score (nSPS) is 11.1. The number of fused-ring (bicyclic) bond motifs is 3. The molecule has 210 valence electrons. The third kappa shape index (κ3) is 4.71. The molecule has 0 aliphatic rings. The average Bonchev–Trinajstić information content (AvgIpc) is 3.46. The Hall–Kier alpha value is -6.38. The van der Waals surface area contributed by atoms with Crippen molar-refractivity contribution in [2.75, 3.05) is 0 Å². The molecule has 5 nitrogen and oxygen atoms in total. The zero-order chi connectivity index (χ0) is 30.2. The molecular weight excluding hydrogens is 550 g/mol. The first-order valence-electron chi connectivity index (χ1n) is 14.8. The van der Waals surface area contributed by atoms with Crippen molar-refractivity contribution in [2.45, 2.75) is 0 Å². The van der Waals surface area contributed by atoms with Gasteiger partial charge in [0, 0.05) is 33.0 Å². The molecule has 5 heteroatoms. The topological polar surface area (TPSA) is 67.4 Å². The maximum atomic E-state index is 9.90. The van der Waals surface area contributed by atoms with Crippen molar-refractivity contribution in [3.63, 3.8) is 0 Å². The lowest BCUT2D eigenvalue weighted by atomic mass is 9.99. The minimum Gasteiger partial charge on any atom is -0.309 e. The summed E-state index contributed by atoms with van der Waals surface area (Å²) in [6, 6.07) is 53.3. The van der Waals surface area contributed by atoms with Gasteiger partial charge in [-0.15, -0.1) is 0 Å². The molecule has 0 spiro atoms. The molecule has 8 rings (SSSR count). The summed E-state index contributed by atoms with van der Waals surface area (Å²) in [7, 11) is 0. The van der Waals surface area contributed by atoms with Gasteiger partial charge in [-0.1, -0.05) is 121 Å². The molecule has 6 aromatic carbocycles. The van der Waals surface area contributed by atoms with Crippen molar-refractivity contribution in [2.24, 2.45) is 0 Å². The second-order valence-corrected chi connectivity index (χ2v) is 10.8. The smallest absolute Gasteiger partial charge is 0.164 e. The number of rotatable bonds is 5. The van der Waals surface area contributed by atoms with Gasteiger partial charge >= 0.3 is 0 Å². The molecule has 0 bridgehead atoms. The SMILES string of the molecule is N#Cc1ccc(-c2cccc(-c3nc(-c4ccccc4)nc(-c4ccccc4)n3)c2)c(-n2c3ccccc3c3ccccc32)c1. The molecule has 0 N–H and O–H groups in total. The molecule has 8 aromatic rings. The zero-order valence-electron chi connectivity index (χ0n) is 24.2. The Kier molecular flexibility index (Phi) is 6.44. The Morgan fingerprint density at radius 3 is 1.51 bits per heavy atom. The molecule has 2 aromatic heterocycles. The predicted molar refractivity (Wildman–Crippen MR) is 181 cm³/mol. The summed E-state index contributed by atoms with van der Waals surface area (Å²) in [5, 5.41) is 12.2. The number of para-hydroxylation sites is 2. The highest BCUT2D eigenvalue weighted by Gasteiger charge is 2.18. The maximum Gasteiger partial charge on any atom is 0.164 e. The van der Waals surface area contributed by atoms with Gasteiger partial charge in [-0.3, -0.25) is 0 Å². The van der Waals surface area contributed by atoms with Crippen LogP contribution < -0.4 is 0 Å². The Morgan fingerprint density at radius 2 is 0.933 bits per heavy atom. The van der Waals surface area contributed by atoms with E-state index in [0.717, 1.165) is 44.5 Å².